The van der Waals surface area contributed by atoms with Gasteiger partial charge in [0.25, 0.3) is 5.56 Å². The van der Waals surface area contributed by atoms with Crippen LogP contribution in [0.4, 0.5) is 0 Å². The van der Waals surface area contributed by atoms with Crippen molar-refractivity contribution in [2.45, 2.75) is 19.8 Å². The first-order valence-corrected chi connectivity index (χ1v) is 7.31. The average molecular weight is 316 g/mol. The van der Waals surface area contributed by atoms with Crippen LogP contribution in [0.2, 0.25) is 5.02 Å². The first-order valence-electron chi connectivity index (χ1n) is 6.93. The second kappa shape index (κ2) is 5.46. The molecule has 0 bridgehead atoms. The Morgan fingerprint density at radius 2 is 1.73 bits per heavy atom. The van der Waals surface area contributed by atoms with Crippen molar-refractivity contribution in [2.24, 2.45) is 0 Å². The Morgan fingerprint density at radius 3 is 2.36 bits per heavy atom. The highest BCUT2D eigenvalue weighted by atomic mass is 35.5. The summed E-state index contributed by atoms with van der Waals surface area (Å²) in [6.45, 7) is 4.15. The van der Waals surface area contributed by atoms with E-state index < -0.39 is 11.3 Å². The average Bonchev–Trinajstić information content (AvgIpc) is 2.49. The van der Waals surface area contributed by atoms with Crippen LogP contribution in [-0.2, 0) is 0 Å². The van der Waals surface area contributed by atoms with Crippen molar-refractivity contribution in [3.05, 3.63) is 74.0 Å². The normalized spacial score (nSPS) is 11.3. The lowest BCUT2D eigenvalue weighted by Crippen LogP contribution is -2.30. The number of nitrogens with zero attached hydrogens (tertiary/aromatic N) is 1. The molecule has 5 heteroatoms. The van der Waals surface area contributed by atoms with E-state index in [9.17, 15) is 9.59 Å². The van der Waals surface area contributed by atoms with Gasteiger partial charge in [0.1, 0.15) is 5.58 Å². The molecule has 1 heterocycles. The number of hydrogen-bond acceptors (Lipinski definition) is 3. The van der Waals surface area contributed by atoms with Crippen molar-refractivity contribution in [1.82, 2.24) is 4.57 Å². The molecule has 4 nitrogen and oxygen atoms in total. The molecule has 0 radical (unpaired) electrons. The van der Waals surface area contributed by atoms with Crippen molar-refractivity contribution in [3.63, 3.8) is 0 Å². The smallest absolute Gasteiger partial charge is 0.409 e. The number of aromatic nitrogens is 1. The van der Waals surface area contributed by atoms with Crippen LogP contribution in [0.5, 0.6) is 0 Å². The van der Waals surface area contributed by atoms with Crippen LogP contribution in [0.15, 0.2) is 56.5 Å². The van der Waals surface area contributed by atoms with Gasteiger partial charge < -0.3 is 4.42 Å². The molecule has 0 saturated heterocycles. The van der Waals surface area contributed by atoms with Crippen LogP contribution in [0.25, 0.3) is 16.7 Å². The van der Waals surface area contributed by atoms with E-state index in [1.54, 1.807) is 18.2 Å². The summed E-state index contributed by atoms with van der Waals surface area (Å²) in [5.74, 6) is -0.338. The molecular formula is C17H14ClNO3. The molecule has 2 aromatic carbocycles. The Morgan fingerprint density at radius 1 is 1.05 bits per heavy atom. The molecule has 0 aliphatic heterocycles. The highest BCUT2D eigenvalue weighted by molar-refractivity contribution is 6.31. The van der Waals surface area contributed by atoms with Crippen LogP contribution >= 0.6 is 11.6 Å². The molecule has 3 rings (SSSR count). The molecule has 0 aliphatic rings. The van der Waals surface area contributed by atoms with Gasteiger partial charge in [0.05, 0.1) is 11.1 Å². The monoisotopic (exact) mass is 315 g/mol. The lowest BCUT2D eigenvalue weighted by atomic mass is 10.0. The Bertz CT molecular complexity index is 952. The number of benzene rings is 2. The quantitative estimate of drug-likeness (QED) is 0.724. The number of rotatable bonds is 2. The molecule has 0 atom stereocenters. The maximum Gasteiger partial charge on any atom is 0.426 e. The summed E-state index contributed by atoms with van der Waals surface area (Å²) >= 11 is 5.92. The van der Waals surface area contributed by atoms with E-state index in [1.165, 1.54) is 12.1 Å². The molecule has 0 N–H and O–H groups in total. The molecule has 0 aliphatic carbocycles. The van der Waals surface area contributed by atoms with Crippen LogP contribution < -0.4 is 11.3 Å². The van der Waals surface area contributed by atoms with Gasteiger partial charge in [0.15, 0.2) is 0 Å². The maximum absolute atomic E-state index is 12.6. The lowest BCUT2D eigenvalue weighted by molar-refractivity contribution is 0.504. The van der Waals surface area contributed by atoms with Crippen LogP contribution in [-0.4, -0.2) is 4.57 Å². The summed E-state index contributed by atoms with van der Waals surface area (Å²) in [7, 11) is 0. The van der Waals surface area contributed by atoms with E-state index in [0.29, 0.717) is 16.6 Å². The molecule has 0 spiro atoms. The molecule has 0 fully saturated rings. The second-order valence-electron chi connectivity index (χ2n) is 5.40. The predicted octanol–water partition coefficient (Wildman–Crippen LogP) is 3.72. The van der Waals surface area contributed by atoms with E-state index in [2.05, 4.69) is 13.8 Å². The summed E-state index contributed by atoms with van der Waals surface area (Å²) in [6, 6.07) is 11.9. The molecule has 1 aromatic heterocycles. The largest absolute Gasteiger partial charge is 0.426 e. The van der Waals surface area contributed by atoms with E-state index in [-0.39, 0.29) is 11.0 Å². The third-order valence-corrected chi connectivity index (χ3v) is 3.81. The maximum atomic E-state index is 12.6. The molecule has 22 heavy (non-hydrogen) atoms. The van der Waals surface area contributed by atoms with Crippen LogP contribution in [0, 0.1) is 0 Å². The molecule has 0 unspecified atom stereocenters. The van der Waals surface area contributed by atoms with E-state index in [1.807, 2.05) is 12.1 Å². The third kappa shape index (κ3) is 2.46. The van der Waals surface area contributed by atoms with Gasteiger partial charge in [-0.05, 0) is 41.8 Å². The minimum Gasteiger partial charge on any atom is -0.409 e. The Kier molecular flexibility index (Phi) is 3.62. The lowest BCUT2D eigenvalue weighted by Gasteiger charge is -2.08. The highest BCUT2D eigenvalue weighted by Crippen LogP contribution is 2.18. The third-order valence-electron chi connectivity index (χ3n) is 3.57. The summed E-state index contributed by atoms with van der Waals surface area (Å²) in [4.78, 5) is 24.7. The molecule has 0 amide bonds. The highest BCUT2D eigenvalue weighted by Gasteiger charge is 2.12. The van der Waals surface area contributed by atoms with Gasteiger partial charge in [0, 0.05) is 5.02 Å². The zero-order valence-corrected chi connectivity index (χ0v) is 12.9. The molecule has 0 saturated carbocycles. The minimum atomic E-state index is -0.711. The first kappa shape index (κ1) is 14.6. The minimum absolute atomic E-state index is 0.231. The number of fused-ring (bicyclic) bond motifs is 1. The summed E-state index contributed by atoms with van der Waals surface area (Å²) in [6.07, 6.45) is 0. The van der Waals surface area contributed by atoms with Gasteiger partial charge in [-0.15, -0.1) is 0 Å². The zero-order valence-electron chi connectivity index (χ0n) is 12.2. The van der Waals surface area contributed by atoms with E-state index in [0.717, 1.165) is 10.1 Å². The molecular weight excluding hydrogens is 302 g/mol. The van der Waals surface area contributed by atoms with Gasteiger partial charge in [-0.2, -0.15) is 0 Å². The molecule has 3 aromatic rings. The number of hydrogen-bond donors (Lipinski definition) is 0. The fraction of sp³-hybridized carbons (Fsp3) is 0.176. The van der Waals surface area contributed by atoms with Crippen molar-refractivity contribution in [3.8, 4) is 5.69 Å². The Balaban J connectivity index is 2.26. The van der Waals surface area contributed by atoms with Gasteiger partial charge >= 0.3 is 5.76 Å². The topological polar surface area (TPSA) is 52.2 Å². The van der Waals surface area contributed by atoms with Gasteiger partial charge in [-0.1, -0.05) is 37.6 Å². The summed E-state index contributed by atoms with van der Waals surface area (Å²) in [5.41, 5.74) is 1.40. The SMILES string of the molecule is CC(C)c1ccc(-n2c(=O)oc3ccc(Cl)cc3c2=O)cc1. The second-order valence-corrected chi connectivity index (χ2v) is 5.83. The van der Waals surface area contributed by atoms with Gasteiger partial charge in [0.2, 0.25) is 0 Å². The van der Waals surface area contributed by atoms with Crippen LogP contribution in [0.1, 0.15) is 25.3 Å². The van der Waals surface area contributed by atoms with Crippen molar-refractivity contribution in [2.75, 3.05) is 0 Å². The predicted molar refractivity (Wildman–Crippen MR) is 87.2 cm³/mol. The number of halogens is 1. The molecule has 112 valence electrons. The van der Waals surface area contributed by atoms with E-state index in [4.69, 9.17) is 16.0 Å². The van der Waals surface area contributed by atoms with E-state index >= 15 is 0 Å². The summed E-state index contributed by atoms with van der Waals surface area (Å²) < 4.78 is 6.23. The van der Waals surface area contributed by atoms with Crippen LogP contribution in [0.3, 0.4) is 0 Å². The fourth-order valence-electron chi connectivity index (χ4n) is 2.33. The van der Waals surface area contributed by atoms with Crippen molar-refractivity contribution >= 4 is 22.6 Å². The van der Waals surface area contributed by atoms with Gasteiger partial charge in [-0.25, -0.2) is 9.36 Å². The van der Waals surface area contributed by atoms with Crippen molar-refractivity contribution in [1.29, 1.82) is 0 Å². The zero-order chi connectivity index (χ0) is 15.9. The standard InChI is InChI=1S/C17H14ClNO3/c1-10(2)11-3-6-13(7-4-11)19-16(20)14-9-12(18)5-8-15(14)22-17(19)21/h3-10H,1-2H3. The Hall–Kier alpha value is -2.33. The fourth-order valence-corrected chi connectivity index (χ4v) is 2.50. The first-order chi connectivity index (χ1) is 10.5. The Labute approximate surface area is 131 Å². The van der Waals surface area contributed by atoms with Gasteiger partial charge in [-0.3, -0.25) is 4.79 Å². The summed E-state index contributed by atoms with van der Waals surface area (Å²) in [5, 5.41) is 0.695. The van der Waals surface area contributed by atoms with Crippen molar-refractivity contribution < 1.29 is 4.42 Å².